The van der Waals surface area contributed by atoms with Crippen LogP contribution in [0, 0.1) is 149 Å². The molecule has 10 aromatic rings. The summed E-state index contributed by atoms with van der Waals surface area (Å²) in [5.41, 5.74) is 37.6. The number of aryl methyl sites for hydroxylation is 14. The zero-order valence-electron chi connectivity index (χ0n) is 81.3. The van der Waals surface area contributed by atoms with Crippen LogP contribution in [0.4, 0.5) is 45.5 Å². The number of aromatic hydroxyl groups is 2. The first-order valence-electron chi connectivity index (χ1n) is 47.2. The average Bonchev–Trinajstić information content (AvgIpc) is 1.62. The third-order valence-corrected chi connectivity index (χ3v) is 35.9. The van der Waals surface area contributed by atoms with Crippen molar-refractivity contribution in [3.05, 3.63) is 346 Å². The quantitative estimate of drug-likeness (QED) is 0.0182. The number of non-ortho nitro benzene ring substituents is 2. The van der Waals surface area contributed by atoms with E-state index in [1.807, 2.05) is 68.4 Å². The van der Waals surface area contributed by atoms with Crippen molar-refractivity contribution in [2.75, 3.05) is 45.8 Å². The largest absolute Gasteiger partial charge is 0.507 e. The van der Waals surface area contributed by atoms with Gasteiger partial charge in [-0.25, -0.2) is 0 Å². The van der Waals surface area contributed by atoms with Gasteiger partial charge in [0.2, 0.25) is 5.69 Å². The molecule has 709 valence electrons. The van der Waals surface area contributed by atoms with Gasteiger partial charge in [-0.15, -0.1) is 0 Å². The van der Waals surface area contributed by atoms with Gasteiger partial charge in [0.15, 0.2) is 5.69 Å². The summed E-state index contributed by atoms with van der Waals surface area (Å²) in [7, 11) is 18.2. The zero-order valence-corrected chi connectivity index (χ0v) is 88.0. The Kier molecular flexibility index (Phi) is 38.8. The van der Waals surface area contributed by atoms with Crippen LogP contribution in [0.1, 0.15) is 235 Å². The average molecular weight is 2040 g/mol. The summed E-state index contributed by atoms with van der Waals surface area (Å²) < 4.78 is 4.09. The molecule has 0 spiro atoms. The van der Waals surface area contributed by atoms with E-state index in [1.54, 1.807) is 107 Å². The second-order valence-corrected chi connectivity index (χ2v) is 48.8. The van der Waals surface area contributed by atoms with Gasteiger partial charge in [-0.05, 0) is 266 Å². The van der Waals surface area contributed by atoms with Crippen LogP contribution in [-0.4, -0.2) is 88.9 Å². The predicted octanol–water partition coefficient (Wildman–Crippen LogP) is 30.4. The number of nitro groups is 2. The Balaban J connectivity index is 0.000000150. The predicted molar refractivity (Wildman–Crippen MR) is 563 cm³/mol. The Labute approximate surface area is 819 Å². The van der Waals surface area contributed by atoms with Crippen LogP contribution in [0.3, 0.4) is 0 Å². The van der Waals surface area contributed by atoms with E-state index < -0.39 is 23.4 Å². The van der Waals surface area contributed by atoms with Crippen molar-refractivity contribution < 1.29 is 53.8 Å². The van der Waals surface area contributed by atoms with Gasteiger partial charge >= 0.3 is 200 Å². The van der Waals surface area contributed by atoms with Crippen molar-refractivity contribution in [2.45, 2.75) is 238 Å². The Bertz CT molecular complexity index is 5550. The van der Waals surface area contributed by atoms with Crippen LogP contribution in [0.5, 0.6) is 11.5 Å². The number of nitrogens with zero attached hydrogens (tertiary/aromatic N) is 8. The van der Waals surface area contributed by atoms with Gasteiger partial charge in [0.1, 0.15) is 12.3 Å². The molecule has 0 amide bonds. The molecule has 20 heteroatoms. The van der Waals surface area contributed by atoms with Gasteiger partial charge in [0, 0.05) is 86.8 Å². The molecule has 2 N–H and O–H groups in total. The van der Waals surface area contributed by atoms with Crippen LogP contribution < -0.4 is 19.6 Å². The number of aliphatic imine (C=N–C) groups is 1. The minimum absolute atomic E-state index is 0.0298. The minimum Gasteiger partial charge on any atom is -0.507 e. The van der Waals surface area contributed by atoms with Crippen molar-refractivity contribution in [2.24, 2.45) is 16.8 Å². The topological polar surface area (TPSA) is 155 Å². The third kappa shape index (κ3) is 27.8. The summed E-state index contributed by atoms with van der Waals surface area (Å²) in [5.74, 6) is 1.03. The van der Waals surface area contributed by atoms with E-state index in [9.17, 15) is 30.4 Å². The first kappa shape index (κ1) is 104. The maximum absolute atomic E-state index is 10.8. The molecule has 5 fully saturated rings. The SMILES string of the molecule is C1CCC([PH+](C2CCCCC2)C2CCCCC2)CC1.C=[N+]([CH-]c1cc([N+](=O)[O-])ccc1O)c1ccccc1C.CC(C)C1=C[C](=[Ru]([Cl])[Cl])c2ccccc21.CC(C)C1=C[C](=[Ru][Cl])c2ccccc21.Cc1cc(C)c(N2[CH-]N(c3c(C)cc(C)cc3C)CC2)c(C)c1.Cc1cc(C)c(N2[CH-]N(c3c(C)cc(C)cc3C)CC2)c(C)c1.Cc1ccccc1N=Cc1cc([N+](=O)[O-])ccc1O. The molecule has 3 saturated carbocycles. The van der Waals surface area contributed by atoms with Crippen LogP contribution in [0.15, 0.2) is 199 Å². The molecule has 5 aliphatic carbocycles. The van der Waals surface area contributed by atoms with E-state index >= 15 is 0 Å². The van der Waals surface area contributed by atoms with Crippen molar-refractivity contribution in [1.29, 1.82) is 0 Å². The molecule has 10 aromatic carbocycles. The zero-order chi connectivity index (χ0) is 96.0. The van der Waals surface area contributed by atoms with Crippen LogP contribution in [-0.2, 0) is 29.2 Å². The van der Waals surface area contributed by atoms with Gasteiger partial charge < -0.3 is 29.8 Å². The van der Waals surface area contributed by atoms with E-state index in [1.165, 1.54) is 191 Å². The smallest absolute Gasteiger partial charge is 0.270 e. The minimum atomic E-state index is -1.80. The number of phenolic OH excluding ortho intramolecular Hbond substituents is 2. The third-order valence-electron chi connectivity index (χ3n) is 26.3. The molecule has 7 aliphatic rings. The van der Waals surface area contributed by atoms with Crippen LogP contribution in [0.25, 0.3) is 11.1 Å². The fourth-order valence-corrected chi connectivity index (χ4v) is 29.8. The maximum atomic E-state index is 10.8. The number of hydrogen-bond acceptors (Lipinski definition) is 11. The number of rotatable bonds is 16. The normalized spacial score (nSPS) is 15.9. The summed E-state index contributed by atoms with van der Waals surface area (Å²) in [4.78, 5) is 34.3. The molecule has 0 atom stereocenters. The molecule has 0 radical (unpaired) electrons. The second kappa shape index (κ2) is 49.5. The molecular weight excluding hydrogens is 1900 g/mol. The Morgan fingerprint density at radius 3 is 1.17 bits per heavy atom. The summed E-state index contributed by atoms with van der Waals surface area (Å²) in [6.07, 6.45) is 29.7. The number of fused-ring (bicyclic) bond motifs is 2. The van der Waals surface area contributed by atoms with E-state index in [-0.39, 0.29) is 46.5 Å². The molecule has 2 heterocycles. The molecule has 14 nitrogen and oxygen atoms in total. The number of benzene rings is 10. The molecule has 0 unspecified atom stereocenters. The molecular formula is C113H138Cl3N8O6PRu2-. The summed E-state index contributed by atoms with van der Waals surface area (Å²) in [5, 5.41) is 40.9. The summed E-state index contributed by atoms with van der Waals surface area (Å²) in [6, 6.07) is 58.0. The first-order chi connectivity index (χ1) is 63.6. The van der Waals surface area contributed by atoms with Crippen LogP contribution in [0.2, 0.25) is 0 Å². The van der Waals surface area contributed by atoms with E-state index in [0.717, 1.165) is 48.7 Å². The van der Waals surface area contributed by atoms with Crippen molar-refractivity contribution in [3.63, 3.8) is 0 Å². The maximum Gasteiger partial charge on any atom is 0.270 e. The van der Waals surface area contributed by atoms with Gasteiger partial charge in [-0.2, -0.15) is 13.3 Å². The Morgan fingerprint density at radius 1 is 0.451 bits per heavy atom. The number of anilines is 4. The molecule has 0 bridgehead atoms. The fraction of sp³-hybridized carbons (Fsp3) is 0.372. The van der Waals surface area contributed by atoms with Gasteiger partial charge in [0.05, 0.1) is 45.0 Å². The van der Waals surface area contributed by atoms with E-state index in [2.05, 4.69) is 259 Å². The van der Waals surface area contributed by atoms with E-state index in [4.69, 9.17) is 29.1 Å². The molecule has 0 aromatic heterocycles. The summed E-state index contributed by atoms with van der Waals surface area (Å²) >= 11 is -1.95. The van der Waals surface area contributed by atoms with Crippen molar-refractivity contribution >= 4 is 115 Å². The second-order valence-electron chi connectivity index (χ2n) is 37.4. The Hall–Kier alpha value is -9.22. The molecule has 17 rings (SSSR count). The molecule has 133 heavy (non-hydrogen) atoms. The number of allylic oxidation sites excluding steroid dienone is 4. The number of para-hydroxylation sites is 2. The Morgan fingerprint density at radius 2 is 0.797 bits per heavy atom. The van der Waals surface area contributed by atoms with E-state index in [0.29, 0.717) is 23.0 Å². The standard InChI is InChI=1S/2C21H27N2.C18H33P.C15H14N2O3.C14H12N2O3.2C12H12.3ClH.2Ru/c2*1-14-9-16(3)20(17(4)10-14)22-7-8-23(13-22)21-18(5)11-15(2)12-19(21)6;1-4-10-16(11-5-1)19(17-12-6-2-7-13-17)18-14-8-3-9-15-18;1-11-5-3-4-6-14(11)16(2)10-12-9-13(17(19)20)7-8-15(12)18;1-10-4-2-3-5-13(10)15-9-11-8-12(16(18)19)6-7-14(11)17;2*1-9(2)11-8-7-10-5-3-4-6-12(10)11;;;;;/h2*9-13H,7-8H2,1-6H3;16-18H,1-15H2;3-10,18H,2H2,1H3;2-9,17H,1H3;2*3-6,8-9H,1-2H3;3*1H;;/q2*-1;;;;;;;;;+1;+2/p-2. The number of hydrogen-bond donors (Lipinski definition) is 2. The monoisotopic (exact) mass is 2040 g/mol. The van der Waals surface area contributed by atoms with Gasteiger partial charge in [0.25, 0.3) is 5.69 Å². The van der Waals surface area contributed by atoms with Crippen molar-refractivity contribution in [1.82, 2.24) is 0 Å². The number of halogens is 3. The number of phenols is 2. The summed E-state index contributed by atoms with van der Waals surface area (Å²) in [6.45, 7) is 53.3. The molecule has 2 aliphatic heterocycles. The van der Waals surface area contributed by atoms with Gasteiger partial charge in [-0.3, -0.25) is 29.8 Å². The number of nitro benzene ring substituents is 2. The first-order valence-corrected chi connectivity index (χ1v) is 57.4. The van der Waals surface area contributed by atoms with Crippen LogP contribution >= 0.6 is 37.0 Å². The molecule has 2 saturated heterocycles. The van der Waals surface area contributed by atoms with Gasteiger partial charge in [-0.1, -0.05) is 126 Å². The van der Waals surface area contributed by atoms with Crippen molar-refractivity contribution in [3.8, 4) is 11.5 Å². The fourth-order valence-electron chi connectivity index (χ4n) is 20.5.